The number of hydrogen-bond donors (Lipinski definition) is 0. The average Bonchev–Trinajstić information content (AvgIpc) is 2.77. The molecule has 0 bridgehead atoms. The molecule has 2 aliphatic carbocycles. The third-order valence-corrected chi connectivity index (χ3v) is 5.12. The monoisotopic (exact) mass is 419 g/mol. The van der Waals surface area contributed by atoms with Crippen LogP contribution in [0.1, 0.15) is 40.8 Å². The highest BCUT2D eigenvalue weighted by atomic mass is 19.3. The highest BCUT2D eigenvalue weighted by Crippen LogP contribution is 2.67. The summed E-state index contributed by atoms with van der Waals surface area (Å²) in [7, 11) is 0. The third-order valence-electron chi connectivity index (χ3n) is 5.12. The van der Waals surface area contributed by atoms with Crippen LogP contribution in [0, 0.1) is 17.1 Å². The van der Waals surface area contributed by atoms with Crippen LogP contribution in [-0.4, -0.2) is 11.8 Å². The lowest BCUT2D eigenvalue weighted by molar-refractivity contribution is -0.226. The van der Waals surface area contributed by atoms with E-state index in [2.05, 4.69) is 0 Å². The number of hydrogen-bond acceptors (Lipinski definition) is 2. The molecule has 2 nitrogen and oxygen atoms in total. The molecule has 2 aliphatic rings. The Labute approximate surface area is 158 Å². The largest absolute Gasteiger partial charge is 0.457 e. The predicted octanol–water partition coefficient (Wildman–Crippen LogP) is 6.36. The molecule has 0 saturated carbocycles. The normalized spacial score (nSPS) is 25.2. The van der Waals surface area contributed by atoms with Crippen LogP contribution in [-0.2, 0) is 5.92 Å². The van der Waals surface area contributed by atoms with Gasteiger partial charge < -0.3 is 4.74 Å². The molecule has 2 aromatic rings. The number of nitrogens with zero attached hydrogens (tertiary/aromatic N) is 1. The molecule has 0 saturated heterocycles. The fraction of sp³-hybridized carbons (Fsp3) is 0.316. The summed E-state index contributed by atoms with van der Waals surface area (Å²) >= 11 is 0. The molecule has 2 atom stereocenters. The third kappa shape index (κ3) is 2.59. The van der Waals surface area contributed by atoms with E-state index in [1.807, 2.05) is 0 Å². The van der Waals surface area contributed by atoms with Crippen molar-refractivity contribution in [1.82, 2.24) is 0 Å². The Balaban J connectivity index is 1.92. The second-order valence-electron chi connectivity index (χ2n) is 6.91. The molecule has 1 unspecified atom stereocenters. The molecular weight excluding hydrogens is 410 g/mol. The van der Waals surface area contributed by atoms with Crippen LogP contribution in [0.4, 0.5) is 35.1 Å². The number of alkyl halides is 7. The zero-order chi connectivity index (χ0) is 21.4. The summed E-state index contributed by atoms with van der Waals surface area (Å²) in [5.74, 6) is -18.7. The van der Waals surface area contributed by atoms with E-state index in [4.69, 9.17) is 10.00 Å². The van der Waals surface area contributed by atoms with E-state index in [1.54, 1.807) is 6.07 Å². The highest BCUT2D eigenvalue weighted by Gasteiger charge is 2.73. The number of rotatable bonds is 2. The first kappa shape index (κ1) is 19.5. The molecule has 0 fully saturated rings. The van der Waals surface area contributed by atoms with Gasteiger partial charge >= 0.3 is 11.8 Å². The molecule has 2 aromatic carbocycles. The van der Waals surface area contributed by atoms with Crippen molar-refractivity contribution in [2.75, 3.05) is 0 Å². The number of ether oxygens (including phenoxy) is 1. The Kier molecular flexibility index (Phi) is 3.93. The maximum Gasteiger partial charge on any atom is 0.336 e. The van der Waals surface area contributed by atoms with Gasteiger partial charge in [0.15, 0.2) is 6.17 Å². The summed E-state index contributed by atoms with van der Waals surface area (Å²) in [6.07, 6.45) is -4.98. The van der Waals surface area contributed by atoms with Crippen LogP contribution in [0.15, 0.2) is 30.3 Å². The molecule has 0 aliphatic heterocycles. The lowest BCUT2D eigenvalue weighted by Crippen LogP contribution is -2.41. The molecular formula is C19H9F8NO. The molecule has 29 heavy (non-hydrogen) atoms. The Morgan fingerprint density at radius 1 is 1.00 bits per heavy atom. The summed E-state index contributed by atoms with van der Waals surface area (Å²) in [6.45, 7) is 0. The van der Waals surface area contributed by atoms with Gasteiger partial charge in [0.05, 0.1) is 17.6 Å². The molecule has 0 aromatic heterocycles. The van der Waals surface area contributed by atoms with Crippen LogP contribution in [0.2, 0.25) is 0 Å². The zero-order valence-electron chi connectivity index (χ0n) is 14.1. The van der Waals surface area contributed by atoms with Gasteiger partial charge in [0.2, 0.25) is 0 Å². The van der Waals surface area contributed by atoms with Gasteiger partial charge in [-0.1, -0.05) is 0 Å². The molecule has 0 N–H and O–H groups in total. The van der Waals surface area contributed by atoms with Gasteiger partial charge in [-0.25, -0.2) is 17.6 Å². The van der Waals surface area contributed by atoms with Crippen molar-refractivity contribution in [2.45, 2.75) is 36.3 Å². The Morgan fingerprint density at radius 3 is 2.34 bits per heavy atom. The smallest absolute Gasteiger partial charge is 0.336 e. The maximum atomic E-state index is 14.6. The van der Waals surface area contributed by atoms with E-state index in [0.29, 0.717) is 12.1 Å². The van der Waals surface area contributed by atoms with E-state index in [1.165, 1.54) is 0 Å². The Bertz CT molecular complexity index is 1060. The van der Waals surface area contributed by atoms with Gasteiger partial charge in [0.1, 0.15) is 17.3 Å². The van der Waals surface area contributed by atoms with Crippen molar-refractivity contribution in [3.05, 3.63) is 58.4 Å². The van der Waals surface area contributed by atoms with Gasteiger partial charge in [-0.2, -0.15) is 22.8 Å². The standard InChI is InChI=1S/C19H9F8NO/c20-9-3-8(7-28)4-10(5-9)29-13-2-1-11-14-12(19(26,27)18(11,24)25)6-17(22,23)16(21)15(13)14/h1-5,12,16H,6H2/t12?,16-/m0/s1. The summed E-state index contributed by atoms with van der Waals surface area (Å²) in [5, 5.41) is 8.85. The molecule has 10 heteroatoms. The van der Waals surface area contributed by atoms with Crippen molar-refractivity contribution in [3.8, 4) is 17.6 Å². The Hall–Kier alpha value is -2.83. The van der Waals surface area contributed by atoms with E-state index in [9.17, 15) is 35.1 Å². The van der Waals surface area contributed by atoms with Crippen LogP contribution in [0.3, 0.4) is 0 Å². The lowest BCUT2D eigenvalue weighted by Gasteiger charge is -2.34. The first-order valence-corrected chi connectivity index (χ1v) is 8.23. The van der Waals surface area contributed by atoms with Crippen molar-refractivity contribution in [3.63, 3.8) is 0 Å². The number of benzene rings is 2. The average molecular weight is 419 g/mol. The summed E-state index contributed by atoms with van der Waals surface area (Å²) in [6, 6.07) is 5.41. The van der Waals surface area contributed by atoms with Crippen molar-refractivity contribution in [2.24, 2.45) is 0 Å². The second-order valence-corrected chi connectivity index (χ2v) is 6.91. The van der Waals surface area contributed by atoms with Crippen LogP contribution in [0.25, 0.3) is 0 Å². The highest BCUT2D eigenvalue weighted by molar-refractivity contribution is 5.58. The lowest BCUT2D eigenvalue weighted by atomic mass is 9.79. The molecule has 4 rings (SSSR count). The van der Waals surface area contributed by atoms with E-state index in [0.717, 1.165) is 18.2 Å². The molecule has 0 radical (unpaired) electrons. The first-order valence-electron chi connectivity index (χ1n) is 8.23. The summed E-state index contributed by atoms with van der Waals surface area (Å²) in [4.78, 5) is 0. The summed E-state index contributed by atoms with van der Waals surface area (Å²) in [5.41, 5.74) is -3.51. The number of nitriles is 1. The summed E-state index contributed by atoms with van der Waals surface area (Å²) < 4.78 is 118. The van der Waals surface area contributed by atoms with Crippen molar-refractivity contribution >= 4 is 0 Å². The van der Waals surface area contributed by atoms with Crippen molar-refractivity contribution in [1.29, 1.82) is 5.26 Å². The quantitative estimate of drug-likeness (QED) is 0.531. The van der Waals surface area contributed by atoms with Gasteiger partial charge in [0, 0.05) is 23.6 Å². The van der Waals surface area contributed by atoms with E-state index in [-0.39, 0.29) is 5.56 Å². The fourth-order valence-corrected chi connectivity index (χ4v) is 3.83. The minimum absolute atomic E-state index is 0.215. The predicted molar refractivity (Wildman–Crippen MR) is 82.6 cm³/mol. The minimum Gasteiger partial charge on any atom is -0.457 e. The molecule has 152 valence electrons. The fourth-order valence-electron chi connectivity index (χ4n) is 3.83. The molecule has 0 spiro atoms. The van der Waals surface area contributed by atoms with E-state index < -0.39 is 70.3 Å². The minimum atomic E-state index is -4.85. The van der Waals surface area contributed by atoms with Gasteiger partial charge in [-0.15, -0.1) is 0 Å². The number of halogens is 8. The second kappa shape index (κ2) is 5.84. The van der Waals surface area contributed by atoms with Gasteiger partial charge in [-0.3, -0.25) is 0 Å². The zero-order valence-corrected chi connectivity index (χ0v) is 14.1. The Morgan fingerprint density at radius 2 is 1.69 bits per heavy atom. The van der Waals surface area contributed by atoms with Gasteiger partial charge in [0.25, 0.3) is 5.92 Å². The SMILES string of the molecule is N#Cc1cc(F)cc(Oc2ccc3c4c2[C@H](F)C(F)(F)CC4C(F)(F)C3(F)F)c1. The first-order chi connectivity index (χ1) is 13.4. The van der Waals surface area contributed by atoms with Crippen LogP contribution in [0.5, 0.6) is 11.5 Å². The molecule has 0 heterocycles. The van der Waals surface area contributed by atoms with Crippen LogP contribution >= 0.6 is 0 Å². The topological polar surface area (TPSA) is 33.0 Å². The van der Waals surface area contributed by atoms with Crippen molar-refractivity contribution < 1.29 is 39.9 Å². The van der Waals surface area contributed by atoms with Gasteiger partial charge in [-0.05, 0) is 29.8 Å². The maximum absolute atomic E-state index is 14.6. The van der Waals surface area contributed by atoms with Crippen LogP contribution < -0.4 is 4.74 Å². The van der Waals surface area contributed by atoms with E-state index >= 15 is 0 Å². The molecule has 0 amide bonds.